The first-order valence-electron chi connectivity index (χ1n) is 7.63. The first kappa shape index (κ1) is 15.9. The predicted octanol–water partition coefficient (Wildman–Crippen LogP) is 1.12. The minimum Gasteiger partial charge on any atom is -0.355 e. The van der Waals surface area contributed by atoms with Crippen LogP contribution >= 0.6 is 0 Å². The van der Waals surface area contributed by atoms with Gasteiger partial charge in [-0.2, -0.15) is 0 Å². The van der Waals surface area contributed by atoms with Crippen LogP contribution in [0.25, 0.3) is 0 Å². The molecule has 4 nitrogen and oxygen atoms in total. The molecule has 0 aromatic heterocycles. The van der Waals surface area contributed by atoms with Crippen molar-refractivity contribution in [2.45, 2.75) is 13.3 Å². The second-order valence-corrected chi connectivity index (χ2v) is 5.43. The summed E-state index contributed by atoms with van der Waals surface area (Å²) >= 11 is 0. The maximum atomic E-state index is 12.8. The van der Waals surface area contributed by atoms with Gasteiger partial charge in [-0.05, 0) is 24.2 Å². The van der Waals surface area contributed by atoms with Gasteiger partial charge in [0.2, 0.25) is 5.91 Å². The number of amides is 1. The summed E-state index contributed by atoms with van der Waals surface area (Å²) in [7, 11) is 0. The van der Waals surface area contributed by atoms with E-state index in [-0.39, 0.29) is 11.7 Å². The highest BCUT2D eigenvalue weighted by Gasteiger charge is 2.14. The lowest BCUT2D eigenvalue weighted by Crippen LogP contribution is -2.48. The van der Waals surface area contributed by atoms with Gasteiger partial charge in [0.1, 0.15) is 5.82 Å². The topological polar surface area (TPSA) is 35.6 Å². The SMILES string of the molecule is CCN1CCN(CCNC(=O)Cc2ccc(F)cc2)CC1. The van der Waals surface area contributed by atoms with E-state index in [0.717, 1.165) is 44.8 Å². The van der Waals surface area contributed by atoms with Crippen LogP contribution in [0.3, 0.4) is 0 Å². The minimum atomic E-state index is -0.273. The summed E-state index contributed by atoms with van der Waals surface area (Å²) in [6.07, 6.45) is 0.309. The van der Waals surface area contributed by atoms with Gasteiger partial charge in [-0.1, -0.05) is 19.1 Å². The molecule has 0 atom stereocenters. The highest BCUT2D eigenvalue weighted by Crippen LogP contribution is 2.03. The van der Waals surface area contributed by atoms with Crippen molar-refractivity contribution in [3.63, 3.8) is 0 Å². The van der Waals surface area contributed by atoms with E-state index in [4.69, 9.17) is 0 Å². The third-order valence-corrected chi connectivity index (χ3v) is 3.94. The molecule has 21 heavy (non-hydrogen) atoms. The van der Waals surface area contributed by atoms with Crippen molar-refractivity contribution < 1.29 is 9.18 Å². The molecular formula is C16H24FN3O. The standard InChI is InChI=1S/C16H24FN3O/c1-2-19-9-11-20(12-10-19)8-7-18-16(21)13-14-3-5-15(17)6-4-14/h3-6H,2,7-13H2,1H3,(H,18,21). The Bertz CT molecular complexity index is 441. The van der Waals surface area contributed by atoms with E-state index in [2.05, 4.69) is 22.0 Å². The third-order valence-electron chi connectivity index (χ3n) is 3.94. The van der Waals surface area contributed by atoms with Gasteiger partial charge in [-0.25, -0.2) is 4.39 Å². The number of carbonyl (C=O) groups is 1. The molecule has 1 saturated heterocycles. The first-order valence-corrected chi connectivity index (χ1v) is 7.63. The number of rotatable bonds is 6. The van der Waals surface area contributed by atoms with Gasteiger partial charge in [-0.15, -0.1) is 0 Å². The van der Waals surface area contributed by atoms with Gasteiger partial charge >= 0.3 is 0 Å². The van der Waals surface area contributed by atoms with E-state index in [1.807, 2.05) is 0 Å². The fourth-order valence-electron chi connectivity index (χ4n) is 2.53. The van der Waals surface area contributed by atoms with Crippen LogP contribution in [-0.2, 0) is 11.2 Å². The maximum Gasteiger partial charge on any atom is 0.224 e. The van der Waals surface area contributed by atoms with Crippen LogP contribution in [0, 0.1) is 5.82 Å². The highest BCUT2D eigenvalue weighted by molar-refractivity contribution is 5.78. The molecule has 0 saturated carbocycles. The molecule has 5 heteroatoms. The molecule has 0 aliphatic carbocycles. The minimum absolute atomic E-state index is 0.00574. The molecule has 1 fully saturated rings. The molecule has 0 unspecified atom stereocenters. The zero-order valence-corrected chi connectivity index (χ0v) is 12.6. The number of carbonyl (C=O) groups excluding carboxylic acids is 1. The van der Waals surface area contributed by atoms with E-state index in [1.165, 1.54) is 12.1 Å². The van der Waals surface area contributed by atoms with Crippen LogP contribution in [0.4, 0.5) is 4.39 Å². The van der Waals surface area contributed by atoms with Crippen LogP contribution in [0.2, 0.25) is 0 Å². The van der Waals surface area contributed by atoms with Gasteiger partial charge in [0.05, 0.1) is 6.42 Å². The van der Waals surface area contributed by atoms with Crippen molar-refractivity contribution in [3.05, 3.63) is 35.6 Å². The van der Waals surface area contributed by atoms with Crippen molar-refractivity contribution in [2.75, 3.05) is 45.8 Å². The molecule has 1 aromatic rings. The second kappa shape index (κ2) is 8.10. The van der Waals surface area contributed by atoms with Crippen molar-refractivity contribution >= 4 is 5.91 Å². The lowest BCUT2D eigenvalue weighted by molar-refractivity contribution is -0.120. The van der Waals surface area contributed by atoms with Crippen LogP contribution in [-0.4, -0.2) is 61.5 Å². The molecule has 0 bridgehead atoms. The van der Waals surface area contributed by atoms with Gasteiger partial charge in [0.25, 0.3) is 0 Å². The lowest BCUT2D eigenvalue weighted by Gasteiger charge is -2.33. The summed E-state index contributed by atoms with van der Waals surface area (Å²) in [4.78, 5) is 16.6. The third kappa shape index (κ3) is 5.44. The Balaban J connectivity index is 1.62. The molecule has 2 rings (SSSR count). The average Bonchev–Trinajstić information content (AvgIpc) is 2.50. The normalized spacial score (nSPS) is 16.9. The Hall–Kier alpha value is -1.46. The van der Waals surface area contributed by atoms with Gasteiger partial charge in [0.15, 0.2) is 0 Å². The van der Waals surface area contributed by atoms with E-state index in [9.17, 15) is 9.18 Å². The van der Waals surface area contributed by atoms with Gasteiger partial charge in [0, 0.05) is 39.3 Å². The molecule has 1 N–H and O–H groups in total. The number of likely N-dealkylation sites (N-methyl/N-ethyl adjacent to an activating group) is 1. The van der Waals surface area contributed by atoms with Gasteiger partial charge in [-0.3, -0.25) is 9.69 Å². The summed E-state index contributed by atoms with van der Waals surface area (Å²) in [5.41, 5.74) is 0.838. The first-order chi connectivity index (χ1) is 10.2. The van der Waals surface area contributed by atoms with Gasteiger partial charge < -0.3 is 10.2 Å². The zero-order chi connectivity index (χ0) is 15.1. The zero-order valence-electron chi connectivity index (χ0n) is 12.6. The summed E-state index contributed by atoms with van der Waals surface area (Å²) in [6.45, 7) is 9.23. The van der Waals surface area contributed by atoms with Crippen molar-refractivity contribution in [1.29, 1.82) is 0 Å². The quantitative estimate of drug-likeness (QED) is 0.854. The molecule has 0 spiro atoms. The monoisotopic (exact) mass is 293 g/mol. The summed E-state index contributed by atoms with van der Waals surface area (Å²) < 4.78 is 12.8. The van der Waals surface area contributed by atoms with Crippen LogP contribution in [0.5, 0.6) is 0 Å². The molecule has 0 radical (unpaired) electrons. The lowest BCUT2D eigenvalue weighted by atomic mass is 10.1. The molecule has 1 aliphatic heterocycles. The number of nitrogens with one attached hydrogen (secondary N) is 1. The van der Waals surface area contributed by atoms with E-state index < -0.39 is 0 Å². The predicted molar refractivity (Wildman–Crippen MR) is 81.7 cm³/mol. The van der Waals surface area contributed by atoms with Crippen molar-refractivity contribution in [1.82, 2.24) is 15.1 Å². The van der Waals surface area contributed by atoms with E-state index in [0.29, 0.717) is 13.0 Å². The second-order valence-electron chi connectivity index (χ2n) is 5.43. The number of halogens is 1. The van der Waals surface area contributed by atoms with E-state index in [1.54, 1.807) is 12.1 Å². The summed E-state index contributed by atoms with van der Waals surface area (Å²) in [5, 5.41) is 2.93. The average molecular weight is 293 g/mol. The smallest absolute Gasteiger partial charge is 0.224 e. The number of benzene rings is 1. The molecule has 116 valence electrons. The molecule has 1 aromatic carbocycles. The summed E-state index contributed by atoms with van der Waals surface area (Å²) in [6, 6.07) is 6.07. The van der Waals surface area contributed by atoms with Crippen LogP contribution in [0.15, 0.2) is 24.3 Å². The van der Waals surface area contributed by atoms with Crippen molar-refractivity contribution in [2.24, 2.45) is 0 Å². The molecule has 1 amide bonds. The Morgan fingerprint density at radius 3 is 2.38 bits per heavy atom. The highest BCUT2D eigenvalue weighted by atomic mass is 19.1. The molecular weight excluding hydrogens is 269 g/mol. The number of hydrogen-bond donors (Lipinski definition) is 1. The molecule has 1 heterocycles. The molecule has 1 aliphatic rings. The number of nitrogens with zero attached hydrogens (tertiary/aromatic N) is 2. The summed E-state index contributed by atoms with van der Waals surface area (Å²) in [5.74, 6) is -0.279. The number of piperazine rings is 1. The van der Waals surface area contributed by atoms with Crippen LogP contribution < -0.4 is 5.32 Å². The van der Waals surface area contributed by atoms with E-state index >= 15 is 0 Å². The fourth-order valence-corrected chi connectivity index (χ4v) is 2.53. The fraction of sp³-hybridized carbons (Fsp3) is 0.562. The Labute approximate surface area is 125 Å². The maximum absolute atomic E-state index is 12.8. The Morgan fingerprint density at radius 1 is 1.14 bits per heavy atom. The van der Waals surface area contributed by atoms with Crippen molar-refractivity contribution in [3.8, 4) is 0 Å². The van der Waals surface area contributed by atoms with Crippen LogP contribution in [0.1, 0.15) is 12.5 Å². The Morgan fingerprint density at radius 2 is 1.76 bits per heavy atom. The number of hydrogen-bond acceptors (Lipinski definition) is 3. The Kier molecular flexibility index (Phi) is 6.14. The largest absolute Gasteiger partial charge is 0.355 e.